The second-order valence-corrected chi connectivity index (χ2v) is 6.31. The summed E-state index contributed by atoms with van der Waals surface area (Å²) in [5.74, 6) is -0.0848. The molecule has 0 saturated carbocycles. The summed E-state index contributed by atoms with van der Waals surface area (Å²) in [5.41, 5.74) is 4.11. The van der Waals surface area contributed by atoms with E-state index in [9.17, 15) is 4.79 Å². The molecule has 1 amide bonds. The zero-order valence-electron chi connectivity index (χ0n) is 14.9. The summed E-state index contributed by atoms with van der Waals surface area (Å²) in [4.78, 5) is 22.0. The molecule has 0 bridgehead atoms. The van der Waals surface area contributed by atoms with E-state index < -0.39 is 0 Å². The van der Waals surface area contributed by atoms with Gasteiger partial charge in [-0.15, -0.1) is 0 Å². The molecule has 2 aromatic heterocycles. The van der Waals surface area contributed by atoms with Gasteiger partial charge < -0.3 is 20.3 Å². The Labute approximate surface area is 156 Å². The van der Waals surface area contributed by atoms with Gasteiger partial charge in [-0.3, -0.25) is 4.79 Å². The number of fused-ring (bicyclic) bond motifs is 4. The zero-order chi connectivity index (χ0) is 18.6. The SMILES string of the molecule is O=C(Cn1c2ccccc2c2nc3ccccc3nc21)NCCNCCO. The summed E-state index contributed by atoms with van der Waals surface area (Å²) < 4.78 is 1.92. The minimum absolute atomic E-state index is 0.0848. The Morgan fingerprint density at radius 3 is 2.52 bits per heavy atom. The molecular weight excluding hydrogens is 342 g/mol. The molecule has 3 N–H and O–H groups in total. The smallest absolute Gasteiger partial charge is 0.240 e. The van der Waals surface area contributed by atoms with Crippen molar-refractivity contribution < 1.29 is 9.90 Å². The Bertz CT molecular complexity index is 1110. The van der Waals surface area contributed by atoms with Crippen LogP contribution in [0.4, 0.5) is 0 Å². The molecule has 7 heteroatoms. The van der Waals surface area contributed by atoms with Crippen LogP contribution in [-0.4, -0.2) is 51.8 Å². The van der Waals surface area contributed by atoms with Crippen LogP contribution in [0.1, 0.15) is 0 Å². The summed E-state index contributed by atoms with van der Waals surface area (Å²) in [7, 11) is 0. The van der Waals surface area contributed by atoms with Crippen molar-refractivity contribution in [2.75, 3.05) is 26.2 Å². The van der Waals surface area contributed by atoms with E-state index in [4.69, 9.17) is 15.1 Å². The fourth-order valence-electron chi connectivity index (χ4n) is 3.24. The van der Waals surface area contributed by atoms with E-state index in [0.717, 1.165) is 27.5 Å². The molecule has 0 aliphatic rings. The first-order valence-corrected chi connectivity index (χ1v) is 9.00. The number of nitrogens with one attached hydrogen (secondary N) is 2. The van der Waals surface area contributed by atoms with Crippen molar-refractivity contribution in [3.63, 3.8) is 0 Å². The normalized spacial score (nSPS) is 11.4. The summed E-state index contributed by atoms with van der Waals surface area (Å²) >= 11 is 0. The number of aliphatic hydroxyl groups is 1. The molecule has 0 fully saturated rings. The van der Waals surface area contributed by atoms with E-state index >= 15 is 0 Å². The largest absolute Gasteiger partial charge is 0.395 e. The average Bonchev–Trinajstić information content (AvgIpc) is 2.99. The van der Waals surface area contributed by atoms with Gasteiger partial charge in [-0.05, 0) is 18.2 Å². The van der Waals surface area contributed by atoms with Crippen LogP contribution in [0.3, 0.4) is 0 Å². The molecule has 0 spiro atoms. The van der Waals surface area contributed by atoms with E-state index in [1.54, 1.807) is 0 Å². The van der Waals surface area contributed by atoms with Crippen LogP contribution in [0, 0.1) is 0 Å². The summed E-state index contributed by atoms with van der Waals surface area (Å²) in [6, 6.07) is 15.7. The lowest BCUT2D eigenvalue weighted by atomic mass is 10.2. The van der Waals surface area contributed by atoms with Crippen molar-refractivity contribution in [3.05, 3.63) is 48.5 Å². The van der Waals surface area contributed by atoms with E-state index in [0.29, 0.717) is 25.3 Å². The zero-order valence-corrected chi connectivity index (χ0v) is 14.9. The van der Waals surface area contributed by atoms with Gasteiger partial charge in [0.1, 0.15) is 12.1 Å². The van der Waals surface area contributed by atoms with Crippen LogP contribution in [-0.2, 0) is 11.3 Å². The quantitative estimate of drug-likeness (QED) is 0.432. The number of benzene rings is 2. The molecule has 4 aromatic rings. The molecule has 27 heavy (non-hydrogen) atoms. The Balaban J connectivity index is 1.68. The summed E-state index contributed by atoms with van der Waals surface area (Å²) in [6.45, 7) is 1.90. The first-order valence-electron chi connectivity index (χ1n) is 9.00. The predicted molar refractivity (Wildman–Crippen MR) is 106 cm³/mol. The molecule has 2 aromatic carbocycles. The minimum Gasteiger partial charge on any atom is -0.395 e. The van der Waals surface area contributed by atoms with Crippen LogP contribution in [0.15, 0.2) is 48.5 Å². The molecule has 2 heterocycles. The van der Waals surface area contributed by atoms with Crippen molar-refractivity contribution in [3.8, 4) is 0 Å². The Morgan fingerprint density at radius 2 is 1.70 bits per heavy atom. The van der Waals surface area contributed by atoms with Crippen molar-refractivity contribution >= 4 is 39.0 Å². The maximum Gasteiger partial charge on any atom is 0.240 e. The summed E-state index contributed by atoms with van der Waals surface area (Å²) in [6.07, 6.45) is 0. The van der Waals surface area contributed by atoms with Gasteiger partial charge in [-0.25, -0.2) is 9.97 Å². The maximum absolute atomic E-state index is 12.4. The lowest BCUT2D eigenvalue weighted by Gasteiger charge is -2.09. The van der Waals surface area contributed by atoms with Crippen molar-refractivity contribution in [2.24, 2.45) is 0 Å². The minimum atomic E-state index is -0.0848. The standard InChI is InChI=1S/C20H21N5O2/c26-12-11-21-9-10-22-18(27)13-25-17-8-4-1-5-14(17)19-20(25)24-16-7-3-2-6-15(16)23-19/h1-8,21,26H,9-13H2,(H,22,27). The van der Waals surface area contributed by atoms with Crippen LogP contribution in [0.25, 0.3) is 33.1 Å². The van der Waals surface area contributed by atoms with E-state index in [2.05, 4.69) is 10.6 Å². The Kier molecular flexibility index (Phi) is 4.95. The molecule has 0 aliphatic heterocycles. The van der Waals surface area contributed by atoms with Crippen LogP contribution in [0.2, 0.25) is 0 Å². The molecular formula is C20H21N5O2. The number of rotatable bonds is 7. The van der Waals surface area contributed by atoms with Crippen molar-refractivity contribution in [1.29, 1.82) is 0 Å². The first-order chi connectivity index (χ1) is 13.3. The van der Waals surface area contributed by atoms with Crippen molar-refractivity contribution in [1.82, 2.24) is 25.2 Å². The number of amides is 1. The Hall–Kier alpha value is -3.03. The van der Waals surface area contributed by atoms with Gasteiger partial charge in [0.25, 0.3) is 0 Å². The van der Waals surface area contributed by atoms with Gasteiger partial charge in [0.05, 0.1) is 23.2 Å². The highest BCUT2D eigenvalue weighted by atomic mass is 16.3. The van der Waals surface area contributed by atoms with E-state index in [-0.39, 0.29) is 19.1 Å². The van der Waals surface area contributed by atoms with Gasteiger partial charge >= 0.3 is 0 Å². The number of hydrogen-bond acceptors (Lipinski definition) is 5. The lowest BCUT2D eigenvalue weighted by Crippen LogP contribution is -2.34. The van der Waals surface area contributed by atoms with Gasteiger partial charge in [-0.1, -0.05) is 30.3 Å². The molecule has 138 valence electrons. The molecule has 0 aliphatic carbocycles. The second-order valence-electron chi connectivity index (χ2n) is 6.31. The third-order valence-electron chi connectivity index (χ3n) is 4.47. The monoisotopic (exact) mass is 363 g/mol. The van der Waals surface area contributed by atoms with Gasteiger partial charge in [0.15, 0.2) is 5.65 Å². The summed E-state index contributed by atoms with van der Waals surface area (Å²) in [5, 5.41) is 15.7. The number of nitrogens with zero attached hydrogens (tertiary/aromatic N) is 3. The first kappa shape index (κ1) is 17.4. The number of hydrogen-bond donors (Lipinski definition) is 3. The number of para-hydroxylation sites is 3. The third kappa shape index (κ3) is 3.47. The van der Waals surface area contributed by atoms with Gasteiger partial charge in [0.2, 0.25) is 5.91 Å². The highest BCUT2D eigenvalue weighted by Crippen LogP contribution is 2.27. The molecule has 0 saturated heterocycles. The maximum atomic E-state index is 12.4. The molecule has 0 unspecified atom stereocenters. The van der Waals surface area contributed by atoms with Crippen LogP contribution < -0.4 is 10.6 Å². The predicted octanol–water partition coefficient (Wildman–Crippen LogP) is 1.44. The second kappa shape index (κ2) is 7.69. The fraction of sp³-hybridized carbons (Fsp3) is 0.250. The fourth-order valence-corrected chi connectivity index (χ4v) is 3.24. The Morgan fingerprint density at radius 1 is 0.963 bits per heavy atom. The van der Waals surface area contributed by atoms with Gasteiger partial charge in [0, 0.05) is 25.0 Å². The molecule has 4 rings (SSSR count). The third-order valence-corrected chi connectivity index (χ3v) is 4.47. The number of aromatic nitrogens is 3. The molecule has 0 atom stereocenters. The van der Waals surface area contributed by atoms with E-state index in [1.807, 2.05) is 53.1 Å². The van der Waals surface area contributed by atoms with E-state index in [1.165, 1.54) is 0 Å². The highest BCUT2D eigenvalue weighted by molar-refractivity contribution is 6.07. The molecule has 0 radical (unpaired) electrons. The van der Waals surface area contributed by atoms with Crippen LogP contribution in [0.5, 0.6) is 0 Å². The van der Waals surface area contributed by atoms with Gasteiger partial charge in [-0.2, -0.15) is 0 Å². The topological polar surface area (TPSA) is 92.1 Å². The van der Waals surface area contributed by atoms with Crippen molar-refractivity contribution in [2.45, 2.75) is 6.54 Å². The molecule has 7 nitrogen and oxygen atoms in total. The number of carbonyl (C=O) groups excluding carboxylic acids is 1. The highest BCUT2D eigenvalue weighted by Gasteiger charge is 2.16. The average molecular weight is 363 g/mol. The number of aliphatic hydroxyl groups excluding tert-OH is 1. The number of carbonyl (C=O) groups is 1. The van der Waals surface area contributed by atoms with Crippen LogP contribution >= 0.6 is 0 Å². The lowest BCUT2D eigenvalue weighted by molar-refractivity contribution is -0.121.